The SMILES string of the molecule is CC(C)[C@H]1OCC[C@@H]1CNC(=O)NCc1cccc(-n2ccnc2)c1. The maximum atomic E-state index is 12.1. The van der Waals surface area contributed by atoms with Crippen LogP contribution in [0.4, 0.5) is 4.79 Å². The minimum Gasteiger partial charge on any atom is -0.378 e. The van der Waals surface area contributed by atoms with E-state index >= 15 is 0 Å². The number of rotatable bonds is 6. The molecule has 25 heavy (non-hydrogen) atoms. The highest BCUT2D eigenvalue weighted by molar-refractivity contribution is 5.73. The minimum absolute atomic E-state index is 0.137. The quantitative estimate of drug-likeness (QED) is 0.848. The Balaban J connectivity index is 1.47. The zero-order valence-corrected chi connectivity index (χ0v) is 14.8. The first kappa shape index (κ1) is 17.5. The summed E-state index contributed by atoms with van der Waals surface area (Å²) in [7, 11) is 0. The summed E-state index contributed by atoms with van der Waals surface area (Å²) in [5.41, 5.74) is 2.07. The first-order valence-electron chi connectivity index (χ1n) is 8.84. The van der Waals surface area contributed by atoms with E-state index < -0.39 is 0 Å². The Morgan fingerprint density at radius 2 is 2.28 bits per heavy atom. The second-order valence-corrected chi connectivity index (χ2v) is 6.83. The highest BCUT2D eigenvalue weighted by Gasteiger charge is 2.30. The van der Waals surface area contributed by atoms with Crippen LogP contribution in [0.25, 0.3) is 5.69 Å². The number of urea groups is 1. The number of carbonyl (C=O) groups excluding carboxylic acids is 1. The lowest BCUT2D eigenvalue weighted by Gasteiger charge is -2.22. The topological polar surface area (TPSA) is 68.2 Å². The van der Waals surface area contributed by atoms with Crippen LogP contribution in [-0.2, 0) is 11.3 Å². The molecule has 0 bridgehead atoms. The number of amides is 2. The fourth-order valence-corrected chi connectivity index (χ4v) is 3.32. The molecular formula is C19H26N4O2. The predicted octanol–water partition coefficient (Wildman–Crippen LogP) is 2.73. The summed E-state index contributed by atoms with van der Waals surface area (Å²) in [6, 6.07) is 7.90. The van der Waals surface area contributed by atoms with Crippen LogP contribution in [0.3, 0.4) is 0 Å². The van der Waals surface area contributed by atoms with E-state index in [9.17, 15) is 4.79 Å². The molecule has 2 N–H and O–H groups in total. The third-order valence-electron chi connectivity index (χ3n) is 4.61. The Hall–Kier alpha value is -2.34. The van der Waals surface area contributed by atoms with E-state index in [4.69, 9.17) is 4.74 Å². The van der Waals surface area contributed by atoms with Gasteiger partial charge < -0.3 is 19.9 Å². The highest BCUT2D eigenvalue weighted by atomic mass is 16.5. The lowest BCUT2D eigenvalue weighted by molar-refractivity contribution is 0.0545. The van der Waals surface area contributed by atoms with Crippen LogP contribution >= 0.6 is 0 Å². The number of nitrogens with zero attached hydrogens (tertiary/aromatic N) is 2. The van der Waals surface area contributed by atoms with Gasteiger partial charge in [-0.15, -0.1) is 0 Å². The molecule has 3 rings (SSSR count). The van der Waals surface area contributed by atoms with Crippen molar-refractivity contribution in [3.05, 3.63) is 48.5 Å². The molecule has 1 aromatic heterocycles. The summed E-state index contributed by atoms with van der Waals surface area (Å²) in [5, 5.41) is 5.90. The summed E-state index contributed by atoms with van der Waals surface area (Å²) in [6.45, 7) is 6.26. The highest BCUT2D eigenvalue weighted by Crippen LogP contribution is 2.26. The van der Waals surface area contributed by atoms with Crippen LogP contribution in [0.2, 0.25) is 0 Å². The van der Waals surface area contributed by atoms with Gasteiger partial charge in [0, 0.05) is 43.7 Å². The number of carbonyl (C=O) groups is 1. The molecule has 0 aliphatic carbocycles. The summed E-state index contributed by atoms with van der Waals surface area (Å²) in [5.74, 6) is 0.874. The maximum Gasteiger partial charge on any atom is 0.315 e. The molecule has 6 heteroatoms. The standard InChI is InChI=1S/C19H26N4O2/c1-14(2)18-16(6-9-25-18)12-22-19(24)21-11-15-4-3-5-17(10-15)23-8-7-20-13-23/h3-5,7-8,10,13-14,16,18H,6,9,11-12H2,1-2H3,(H2,21,22,24)/t16-,18-/m1/s1. The van der Waals surface area contributed by atoms with E-state index in [1.54, 1.807) is 12.5 Å². The molecule has 0 radical (unpaired) electrons. The average Bonchev–Trinajstić information content (AvgIpc) is 3.29. The van der Waals surface area contributed by atoms with Gasteiger partial charge in [0.1, 0.15) is 0 Å². The van der Waals surface area contributed by atoms with Gasteiger partial charge in [-0.1, -0.05) is 26.0 Å². The fraction of sp³-hybridized carbons (Fsp3) is 0.474. The Bertz CT molecular complexity index is 684. The first-order chi connectivity index (χ1) is 12.1. The third kappa shape index (κ3) is 4.60. The van der Waals surface area contributed by atoms with Crippen molar-refractivity contribution in [2.45, 2.75) is 32.9 Å². The number of ether oxygens (including phenoxy) is 1. The smallest absolute Gasteiger partial charge is 0.315 e. The minimum atomic E-state index is -0.137. The second-order valence-electron chi connectivity index (χ2n) is 6.83. The van der Waals surface area contributed by atoms with E-state index in [-0.39, 0.29) is 12.1 Å². The van der Waals surface area contributed by atoms with Gasteiger partial charge in [0.15, 0.2) is 0 Å². The molecule has 0 saturated carbocycles. The van der Waals surface area contributed by atoms with Crippen LogP contribution < -0.4 is 10.6 Å². The molecule has 1 aliphatic rings. The van der Waals surface area contributed by atoms with Crippen LogP contribution in [0.1, 0.15) is 25.8 Å². The van der Waals surface area contributed by atoms with E-state index in [1.165, 1.54) is 0 Å². The van der Waals surface area contributed by atoms with E-state index in [1.807, 2.05) is 35.0 Å². The molecule has 1 aliphatic heterocycles. The molecule has 1 aromatic carbocycles. The molecule has 0 spiro atoms. The average molecular weight is 342 g/mol. The van der Waals surface area contributed by atoms with Crippen molar-refractivity contribution in [1.82, 2.24) is 20.2 Å². The van der Waals surface area contributed by atoms with Crippen molar-refractivity contribution in [2.24, 2.45) is 11.8 Å². The van der Waals surface area contributed by atoms with Crippen molar-refractivity contribution >= 4 is 6.03 Å². The normalized spacial score (nSPS) is 20.0. The van der Waals surface area contributed by atoms with Gasteiger partial charge in [0.2, 0.25) is 0 Å². The van der Waals surface area contributed by atoms with Gasteiger partial charge in [-0.2, -0.15) is 0 Å². The van der Waals surface area contributed by atoms with Crippen molar-refractivity contribution in [3.63, 3.8) is 0 Å². The zero-order valence-electron chi connectivity index (χ0n) is 14.8. The number of imidazole rings is 1. The maximum absolute atomic E-state index is 12.1. The van der Waals surface area contributed by atoms with E-state index in [2.05, 4.69) is 29.5 Å². The molecule has 2 heterocycles. The number of benzene rings is 1. The van der Waals surface area contributed by atoms with E-state index in [0.717, 1.165) is 24.3 Å². The summed E-state index contributed by atoms with van der Waals surface area (Å²) < 4.78 is 7.70. The lowest BCUT2D eigenvalue weighted by atomic mass is 9.93. The Labute approximate surface area is 148 Å². The largest absolute Gasteiger partial charge is 0.378 e. The van der Waals surface area contributed by atoms with E-state index in [0.29, 0.717) is 24.9 Å². The predicted molar refractivity (Wildman–Crippen MR) is 96.5 cm³/mol. The van der Waals surface area contributed by atoms with Gasteiger partial charge in [-0.05, 0) is 30.0 Å². The molecular weight excluding hydrogens is 316 g/mol. The molecule has 1 saturated heterocycles. The van der Waals surface area contributed by atoms with Gasteiger partial charge >= 0.3 is 6.03 Å². The van der Waals surface area contributed by atoms with Crippen LogP contribution in [0, 0.1) is 11.8 Å². The summed E-state index contributed by atoms with van der Waals surface area (Å²) in [6.07, 6.45) is 6.65. The molecule has 134 valence electrons. The Morgan fingerprint density at radius 1 is 1.40 bits per heavy atom. The Morgan fingerprint density at radius 3 is 3.04 bits per heavy atom. The number of aromatic nitrogens is 2. The molecule has 0 unspecified atom stereocenters. The number of nitrogens with one attached hydrogen (secondary N) is 2. The molecule has 2 atom stereocenters. The van der Waals surface area contributed by atoms with Crippen molar-refractivity contribution in [2.75, 3.05) is 13.2 Å². The third-order valence-corrected chi connectivity index (χ3v) is 4.61. The first-order valence-corrected chi connectivity index (χ1v) is 8.84. The lowest BCUT2D eigenvalue weighted by Crippen LogP contribution is -2.40. The van der Waals surface area contributed by atoms with Gasteiger partial charge in [-0.3, -0.25) is 0 Å². The van der Waals surface area contributed by atoms with Gasteiger partial charge in [0.05, 0.1) is 12.4 Å². The van der Waals surface area contributed by atoms with Crippen LogP contribution in [0.15, 0.2) is 43.0 Å². The number of hydrogen-bond donors (Lipinski definition) is 2. The monoisotopic (exact) mass is 342 g/mol. The summed E-state index contributed by atoms with van der Waals surface area (Å²) in [4.78, 5) is 16.1. The van der Waals surface area contributed by atoms with Gasteiger partial charge in [0.25, 0.3) is 0 Å². The zero-order chi connectivity index (χ0) is 17.6. The molecule has 6 nitrogen and oxygen atoms in total. The molecule has 1 fully saturated rings. The fourth-order valence-electron chi connectivity index (χ4n) is 3.32. The van der Waals surface area contributed by atoms with Crippen LogP contribution in [0.5, 0.6) is 0 Å². The molecule has 2 aromatic rings. The van der Waals surface area contributed by atoms with Crippen molar-refractivity contribution < 1.29 is 9.53 Å². The van der Waals surface area contributed by atoms with Crippen molar-refractivity contribution in [3.8, 4) is 5.69 Å². The summed E-state index contributed by atoms with van der Waals surface area (Å²) >= 11 is 0. The van der Waals surface area contributed by atoms with Crippen molar-refractivity contribution in [1.29, 1.82) is 0 Å². The van der Waals surface area contributed by atoms with Gasteiger partial charge in [-0.25, -0.2) is 9.78 Å². The molecule has 2 amide bonds. The number of hydrogen-bond acceptors (Lipinski definition) is 3. The Kier molecular flexibility index (Phi) is 5.71. The second kappa shape index (κ2) is 8.16. The van der Waals surface area contributed by atoms with Crippen LogP contribution in [-0.4, -0.2) is 34.8 Å².